The summed E-state index contributed by atoms with van der Waals surface area (Å²) in [4.78, 5) is 0. The quantitative estimate of drug-likeness (QED) is 0.191. The van der Waals surface area contributed by atoms with E-state index in [0.29, 0.717) is 0 Å². The van der Waals surface area contributed by atoms with Crippen LogP contribution in [0, 0.1) is 13.8 Å². The second-order valence-corrected chi connectivity index (χ2v) is 12.7. The molecule has 0 fully saturated rings. The molecule has 0 N–H and O–H groups in total. The average Bonchev–Trinajstić information content (AvgIpc) is 3.66. The SMILES string of the molecule is Cc1ccc2c(c1)Cc1cc3c(cc1-2)Cc1cc2cc4c(cc2cc1-3)Cc1cc2c(cc1-4)Cc1cc(C)ccc1-2. The molecule has 4 aliphatic carbocycles. The molecule has 0 heteroatoms. The van der Waals surface area contributed by atoms with Crippen LogP contribution in [0.1, 0.15) is 55.6 Å². The maximum atomic E-state index is 2.50. The van der Waals surface area contributed by atoms with Crippen LogP contribution in [0.5, 0.6) is 0 Å². The molecule has 6 aromatic rings. The Hall–Kier alpha value is -4.42. The van der Waals surface area contributed by atoms with E-state index >= 15 is 0 Å². The molecule has 0 aliphatic heterocycles. The van der Waals surface area contributed by atoms with Crippen LogP contribution in [0.25, 0.3) is 55.3 Å². The zero-order chi connectivity index (χ0) is 26.3. The Bertz CT molecular complexity index is 2010. The summed E-state index contributed by atoms with van der Waals surface area (Å²) >= 11 is 0. The number of benzene rings is 6. The minimum Gasteiger partial charge on any atom is -0.0587 e. The van der Waals surface area contributed by atoms with Gasteiger partial charge in [-0.1, -0.05) is 59.7 Å². The zero-order valence-electron chi connectivity index (χ0n) is 22.9. The van der Waals surface area contributed by atoms with Crippen molar-refractivity contribution in [3.63, 3.8) is 0 Å². The van der Waals surface area contributed by atoms with E-state index in [-0.39, 0.29) is 0 Å². The molecular weight excluding hydrogens is 480 g/mol. The largest absolute Gasteiger partial charge is 0.0587 e. The first-order valence-electron chi connectivity index (χ1n) is 14.7. The highest BCUT2D eigenvalue weighted by Crippen LogP contribution is 2.48. The summed E-state index contributed by atoms with van der Waals surface area (Å²) in [6.45, 7) is 4.40. The van der Waals surface area contributed by atoms with Gasteiger partial charge in [0.1, 0.15) is 0 Å². The van der Waals surface area contributed by atoms with E-state index in [0.717, 1.165) is 25.7 Å². The molecule has 0 saturated heterocycles. The summed E-state index contributed by atoms with van der Waals surface area (Å²) < 4.78 is 0. The van der Waals surface area contributed by atoms with Crippen LogP contribution in [0.2, 0.25) is 0 Å². The van der Waals surface area contributed by atoms with Crippen molar-refractivity contribution in [3.8, 4) is 44.5 Å². The fraction of sp³-hybridized carbons (Fsp3) is 0.150. The van der Waals surface area contributed by atoms with E-state index in [2.05, 4.69) is 98.8 Å². The topological polar surface area (TPSA) is 0 Å². The molecule has 6 aromatic carbocycles. The monoisotopic (exact) mass is 508 g/mol. The van der Waals surface area contributed by atoms with Crippen molar-refractivity contribution in [1.29, 1.82) is 0 Å². The number of hydrogen-bond acceptors (Lipinski definition) is 0. The normalized spacial score (nSPS) is 14.3. The van der Waals surface area contributed by atoms with Crippen LogP contribution in [0.3, 0.4) is 0 Å². The number of fused-ring (bicyclic) bond motifs is 13. The fourth-order valence-corrected chi connectivity index (χ4v) is 8.29. The van der Waals surface area contributed by atoms with Crippen LogP contribution in [0.15, 0.2) is 84.9 Å². The Balaban J connectivity index is 1.07. The van der Waals surface area contributed by atoms with Gasteiger partial charge in [0.2, 0.25) is 0 Å². The summed E-state index contributed by atoms with van der Waals surface area (Å²) in [5, 5.41) is 2.76. The first-order chi connectivity index (χ1) is 19.6. The highest BCUT2D eigenvalue weighted by molar-refractivity contribution is 5.98. The molecule has 0 saturated carbocycles. The van der Waals surface area contributed by atoms with Gasteiger partial charge in [-0.05, 0) is 176 Å². The van der Waals surface area contributed by atoms with Gasteiger partial charge >= 0.3 is 0 Å². The van der Waals surface area contributed by atoms with E-state index < -0.39 is 0 Å². The third-order valence-corrected chi connectivity index (χ3v) is 10.1. The zero-order valence-corrected chi connectivity index (χ0v) is 22.9. The molecule has 188 valence electrons. The second kappa shape index (κ2) is 7.20. The highest BCUT2D eigenvalue weighted by Gasteiger charge is 2.28. The summed E-state index contributed by atoms with van der Waals surface area (Å²) in [6.07, 6.45) is 4.19. The second-order valence-electron chi connectivity index (χ2n) is 12.7. The molecule has 0 spiro atoms. The Morgan fingerprint density at radius 2 is 0.600 bits per heavy atom. The van der Waals surface area contributed by atoms with Gasteiger partial charge in [-0.25, -0.2) is 0 Å². The highest BCUT2D eigenvalue weighted by atomic mass is 14.3. The van der Waals surface area contributed by atoms with Gasteiger partial charge < -0.3 is 0 Å². The standard InChI is InChI=1S/C40H28/c1-21-3-5-33-25(7-21)11-29-19-39-31(17-35(29)33)13-27-9-24-16-38-28(10-23(24)15-37(27)39)14-32-18-36-30(20-40(32)38)12-26-8-22(2)4-6-34(26)36/h3-10,15-20H,11-14H2,1-2H3. The molecule has 0 heterocycles. The molecule has 10 rings (SSSR count). The van der Waals surface area contributed by atoms with Crippen molar-refractivity contribution < 1.29 is 0 Å². The predicted octanol–water partition coefficient (Wildman–Crippen LogP) is 9.74. The minimum atomic E-state index is 1.04. The van der Waals surface area contributed by atoms with Crippen LogP contribution in [0.4, 0.5) is 0 Å². The Morgan fingerprint density at radius 3 is 1.00 bits per heavy atom. The summed E-state index contributed by atoms with van der Waals surface area (Å²) in [6, 6.07) is 33.8. The van der Waals surface area contributed by atoms with Crippen molar-refractivity contribution in [2.24, 2.45) is 0 Å². The van der Waals surface area contributed by atoms with Crippen molar-refractivity contribution in [2.45, 2.75) is 39.5 Å². The molecule has 0 unspecified atom stereocenters. The first kappa shape index (κ1) is 21.4. The summed E-state index contributed by atoms with van der Waals surface area (Å²) in [5.74, 6) is 0. The smallest absolute Gasteiger partial charge is 0.00130 e. The maximum absolute atomic E-state index is 2.50. The molecule has 40 heavy (non-hydrogen) atoms. The summed E-state index contributed by atoms with van der Waals surface area (Å²) in [5.41, 5.74) is 26.2. The van der Waals surface area contributed by atoms with Crippen molar-refractivity contribution >= 4 is 10.8 Å². The third kappa shape index (κ3) is 2.76. The van der Waals surface area contributed by atoms with Crippen molar-refractivity contribution in [3.05, 3.63) is 141 Å². The van der Waals surface area contributed by atoms with E-state index in [1.165, 1.54) is 111 Å². The van der Waals surface area contributed by atoms with Crippen LogP contribution >= 0.6 is 0 Å². The van der Waals surface area contributed by atoms with Gasteiger partial charge in [0.05, 0.1) is 0 Å². The lowest BCUT2D eigenvalue weighted by atomic mass is 9.94. The van der Waals surface area contributed by atoms with Crippen molar-refractivity contribution in [1.82, 2.24) is 0 Å². The molecule has 0 atom stereocenters. The van der Waals surface area contributed by atoms with Crippen molar-refractivity contribution in [2.75, 3.05) is 0 Å². The van der Waals surface area contributed by atoms with E-state index in [4.69, 9.17) is 0 Å². The lowest BCUT2D eigenvalue weighted by molar-refractivity contribution is 1.23. The van der Waals surface area contributed by atoms with Gasteiger partial charge in [0.15, 0.2) is 0 Å². The van der Waals surface area contributed by atoms with Gasteiger partial charge in [-0.15, -0.1) is 0 Å². The maximum Gasteiger partial charge on any atom is -0.00130 e. The number of hydrogen-bond donors (Lipinski definition) is 0. The van der Waals surface area contributed by atoms with Crippen LogP contribution in [-0.4, -0.2) is 0 Å². The molecular formula is C40H28. The van der Waals surface area contributed by atoms with Crippen LogP contribution < -0.4 is 0 Å². The molecule has 4 aliphatic rings. The lowest BCUT2D eigenvalue weighted by Gasteiger charge is -2.10. The average molecular weight is 509 g/mol. The minimum absolute atomic E-state index is 1.04. The Kier molecular flexibility index (Phi) is 3.85. The molecule has 0 aromatic heterocycles. The Labute approximate surface area is 235 Å². The lowest BCUT2D eigenvalue weighted by Crippen LogP contribution is -1.86. The van der Waals surface area contributed by atoms with Gasteiger partial charge in [-0.2, -0.15) is 0 Å². The van der Waals surface area contributed by atoms with Gasteiger partial charge in [0.25, 0.3) is 0 Å². The third-order valence-electron chi connectivity index (χ3n) is 10.1. The molecule has 0 radical (unpaired) electrons. The van der Waals surface area contributed by atoms with Crippen LogP contribution in [-0.2, 0) is 25.7 Å². The number of rotatable bonds is 0. The summed E-state index contributed by atoms with van der Waals surface area (Å²) in [7, 11) is 0. The first-order valence-corrected chi connectivity index (χ1v) is 14.7. The van der Waals surface area contributed by atoms with E-state index in [1.54, 1.807) is 0 Å². The Morgan fingerprint density at radius 1 is 0.300 bits per heavy atom. The van der Waals surface area contributed by atoms with Gasteiger partial charge in [-0.3, -0.25) is 0 Å². The fourth-order valence-electron chi connectivity index (χ4n) is 8.29. The van der Waals surface area contributed by atoms with E-state index in [9.17, 15) is 0 Å². The predicted molar refractivity (Wildman–Crippen MR) is 166 cm³/mol. The number of aryl methyl sites for hydroxylation is 2. The van der Waals surface area contributed by atoms with E-state index in [1.807, 2.05) is 0 Å². The molecule has 0 bridgehead atoms. The molecule has 0 nitrogen and oxygen atoms in total. The molecule has 0 amide bonds. The van der Waals surface area contributed by atoms with Gasteiger partial charge in [0, 0.05) is 0 Å².